The first-order chi connectivity index (χ1) is 16.5. The summed E-state index contributed by atoms with van der Waals surface area (Å²) < 4.78 is 58.8. The fourth-order valence-corrected chi connectivity index (χ4v) is 6.00. The predicted octanol–water partition coefficient (Wildman–Crippen LogP) is 6.38. The quantitative estimate of drug-likeness (QED) is 0.294. The lowest BCUT2D eigenvalue weighted by molar-refractivity contribution is -0.0497. The Balaban J connectivity index is 2.01. The molecule has 0 spiro atoms. The summed E-state index contributed by atoms with van der Waals surface area (Å²) in [6.07, 6.45) is -0.149. The summed E-state index contributed by atoms with van der Waals surface area (Å²) >= 11 is 12.6. The molecule has 0 aliphatic carbocycles. The number of rotatable bonds is 7. The maximum absolute atomic E-state index is 13.7. The summed E-state index contributed by atoms with van der Waals surface area (Å²) in [6, 6.07) is 14.4. The summed E-state index contributed by atoms with van der Waals surface area (Å²) in [6.45, 7) is -1.47. The molecule has 0 atom stereocenters. The van der Waals surface area contributed by atoms with Crippen molar-refractivity contribution in [1.29, 1.82) is 0 Å². The van der Waals surface area contributed by atoms with E-state index in [0.29, 0.717) is 10.9 Å². The molecule has 0 amide bonds. The topological polar surface area (TPSA) is 85.6 Å². The third kappa shape index (κ3) is 4.71. The smallest absolute Gasteiger partial charge is 0.387 e. The molecule has 0 aliphatic rings. The van der Waals surface area contributed by atoms with Gasteiger partial charge < -0.3 is 9.84 Å². The number of carbonyl (C=O) groups is 1. The summed E-state index contributed by atoms with van der Waals surface area (Å²) in [7, 11) is -4.22. The molecule has 0 saturated heterocycles. The van der Waals surface area contributed by atoms with Crippen LogP contribution in [-0.4, -0.2) is 30.1 Å². The van der Waals surface area contributed by atoms with Gasteiger partial charge in [0.25, 0.3) is 10.0 Å². The zero-order valence-corrected chi connectivity index (χ0v) is 20.3. The van der Waals surface area contributed by atoms with Gasteiger partial charge in [0.15, 0.2) is 0 Å². The van der Waals surface area contributed by atoms with Crippen LogP contribution < -0.4 is 4.74 Å². The van der Waals surface area contributed by atoms with Gasteiger partial charge in [-0.15, -0.1) is 0 Å². The number of fused-ring (bicyclic) bond motifs is 1. The number of halogens is 4. The first kappa shape index (κ1) is 25.0. The molecular weight excluding hydrogens is 523 g/mol. The number of aryl methyl sites for hydroxylation is 1. The average molecular weight is 540 g/mol. The van der Waals surface area contributed by atoms with Gasteiger partial charge >= 0.3 is 12.6 Å². The molecule has 1 heterocycles. The number of ether oxygens (including phenoxy) is 1. The second-order valence-electron chi connectivity index (χ2n) is 7.64. The molecule has 0 saturated carbocycles. The number of hydrogen-bond acceptors (Lipinski definition) is 4. The Morgan fingerprint density at radius 2 is 1.77 bits per heavy atom. The summed E-state index contributed by atoms with van der Waals surface area (Å²) in [5.74, 6) is -1.47. The Labute approximate surface area is 209 Å². The number of aromatic nitrogens is 1. The lowest BCUT2D eigenvalue weighted by Gasteiger charge is -2.15. The highest BCUT2D eigenvalue weighted by Gasteiger charge is 2.26. The second-order valence-corrected chi connectivity index (χ2v) is 10.2. The van der Waals surface area contributed by atoms with Crippen LogP contribution in [0.4, 0.5) is 8.78 Å². The third-order valence-corrected chi connectivity index (χ3v) is 7.98. The van der Waals surface area contributed by atoms with Gasteiger partial charge in [-0.25, -0.2) is 17.2 Å². The second kappa shape index (κ2) is 9.49. The molecule has 3 aromatic carbocycles. The van der Waals surface area contributed by atoms with Gasteiger partial charge in [0.1, 0.15) is 5.75 Å². The molecule has 11 heteroatoms. The molecule has 182 valence electrons. The molecule has 4 aromatic rings. The summed E-state index contributed by atoms with van der Waals surface area (Å²) in [5, 5.41) is 9.92. The van der Waals surface area contributed by atoms with Gasteiger partial charge in [0, 0.05) is 28.6 Å². The molecule has 0 bridgehead atoms. The van der Waals surface area contributed by atoms with Gasteiger partial charge in [0.2, 0.25) is 0 Å². The van der Waals surface area contributed by atoms with Crippen molar-refractivity contribution < 1.29 is 31.8 Å². The van der Waals surface area contributed by atoms with E-state index in [0.717, 1.165) is 3.97 Å². The van der Waals surface area contributed by atoms with Crippen LogP contribution in [0.3, 0.4) is 0 Å². The number of alkyl halides is 2. The first-order valence-corrected chi connectivity index (χ1v) is 12.3. The SMILES string of the molecule is Cc1cc(OC(F)F)cc2c1cc(Cc1c(Cl)ccc(C(=O)O)c1Cl)n2S(=O)(=O)c1ccccc1. The van der Waals surface area contributed by atoms with Gasteiger partial charge in [-0.1, -0.05) is 41.4 Å². The Hall–Kier alpha value is -3.14. The van der Waals surface area contributed by atoms with E-state index in [2.05, 4.69) is 4.74 Å². The summed E-state index contributed by atoms with van der Waals surface area (Å²) in [5.41, 5.74) is 0.831. The first-order valence-electron chi connectivity index (χ1n) is 10.1. The van der Waals surface area contributed by atoms with Crippen LogP contribution in [0.15, 0.2) is 65.6 Å². The van der Waals surface area contributed by atoms with Crippen molar-refractivity contribution in [2.75, 3.05) is 0 Å². The Kier molecular flexibility index (Phi) is 6.77. The van der Waals surface area contributed by atoms with Crippen molar-refractivity contribution in [3.8, 4) is 5.75 Å². The van der Waals surface area contributed by atoms with Crippen LogP contribution in [0, 0.1) is 6.92 Å². The largest absolute Gasteiger partial charge is 0.478 e. The lowest BCUT2D eigenvalue weighted by Crippen LogP contribution is -2.16. The van der Waals surface area contributed by atoms with E-state index in [4.69, 9.17) is 23.2 Å². The van der Waals surface area contributed by atoms with E-state index in [1.165, 1.54) is 36.4 Å². The van der Waals surface area contributed by atoms with Crippen LogP contribution in [0.5, 0.6) is 5.75 Å². The van der Waals surface area contributed by atoms with E-state index < -0.39 is 22.6 Å². The van der Waals surface area contributed by atoms with E-state index in [9.17, 15) is 27.1 Å². The highest BCUT2D eigenvalue weighted by Crippen LogP contribution is 2.36. The van der Waals surface area contributed by atoms with E-state index in [1.54, 1.807) is 31.2 Å². The van der Waals surface area contributed by atoms with E-state index in [1.807, 2.05) is 0 Å². The van der Waals surface area contributed by atoms with Crippen molar-refractivity contribution >= 4 is 50.1 Å². The van der Waals surface area contributed by atoms with Crippen LogP contribution in [0.2, 0.25) is 10.0 Å². The number of carboxylic acid groups (broad SMARTS) is 1. The minimum atomic E-state index is -4.22. The van der Waals surface area contributed by atoms with Crippen LogP contribution >= 0.6 is 23.2 Å². The maximum Gasteiger partial charge on any atom is 0.387 e. The highest BCUT2D eigenvalue weighted by molar-refractivity contribution is 7.90. The predicted molar refractivity (Wildman–Crippen MR) is 129 cm³/mol. The maximum atomic E-state index is 13.7. The zero-order valence-electron chi connectivity index (χ0n) is 18.0. The van der Waals surface area contributed by atoms with Crippen molar-refractivity contribution in [3.63, 3.8) is 0 Å². The monoisotopic (exact) mass is 539 g/mol. The van der Waals surface area contributed by atoms with Crippen LogP contribution in [0.25, 0.3) is 10.9 Å². The molecular formula is C24H17Cl2F2NO5S. The molecule has 0 unspecified atom stereocenters. The average Bonchev–Trinajstić information content (AvgIpc) is 3.16. The van der Waals surface area contributed by atoms with Gasteiger partial charge in [-0.2, -0.15) is 8.78 Å². The van der Waals surface area contributed by atoms with E-state index in [-0.39, 0.29) is 49.4 Å². The highest BCUT2D eigenvalue weighted by atomic mass is 35.5. The molecule has 0 radical (unpaired) electrons. The van der Waals surface area contributed by atoms with Crippen molar-refractivity contribution in [2.24, 2.45) is 0 Å². The normalized spacial score (nSPS) is 11.8. The van der Waals surface area contributed by atoms with Crippen molar-refractivity contribution in [2.45, 2.75) is 24.9 Å². The number of nitrogens with zero attached hydrogens (tertiary/aromatic N) is 1. The summed E-state index contributed by atoms with van der Waals surface area (Å²) in [4.78, 5) is 11.5. The number of benzene rings is 3. The number of aromatic carboxylic acids is 1. The Morgan fingerprint density at radius 1 is 1.09 bits per heavy atom. The van der Waals surface area contributed by atoms with Crippen LogP contribution in [-0.2, 0) is 16.4 Å². The Bertz CT molecular complexity index is 1550. The molecule has 6 nitrogen and oxygen atoms in total. The van der Waals surface area contributed by atoms with Gasteiger partial charge in [-0.05, 0) is 54.4 Å². The standard InChI is InChI=1S/C24H17Cl2F2NO5S/c1-13-9-15(34-24(27)28)12-21-18(13)10-14(29(21)35(32,33)16-5-3-2-4-6-16)11-19-20(25)8-7-17(22(19)26)23(30)31/h2-10,12,24H,11H2,1H3,(H,30,31). The molecule has 35 heavy (non-hydrogen) atoms. The molecule has 1 aromatic heterocycles. The minimum absolute atomic E-state index is 0.0342. The molecule has 0 fully saturated rings. The zero-order chi connectivity index (χ0) is 25.5. The van der Waals surface area contributed by atoms with E-state index >= 15 is 0 Å². The van der Waals surface area contributed by atoms with Crippen molar-refractivity contribution in [3.05, 3.63) is 93.1 Å². The fraction of sp³-hybridized carbons (Fsp3) is 0.125. The van der Waals surface area contributed by atoms with Crippen LogP contribution in [0.1, 0.15) is 27.2 Å². The molecule has 0 aliphatic heterocycles. The third-order valence-electron chi connectivity index (χ3n) is 5.41. The Morgan fingerprint density at radius 3 is 2.40 bits per heavy atom. The minimum Gasteiger partial charge on any atom is -0.478 e. The molecule has 1 N–H and O–H groups in total. The lowest BCUT2D eigenvalue weighted by atomic mass is 10.1. The number of carboxylic acids is 1. The van der Waals surface area contributed by atoms with Gasteiger partial charge in [0.05, 0.1) is 21.0 Å². The van der Waals surface area contributed by atoms with Gasteiger partial charge in [-0.3, -0.25) is 0 Å². The fourth-order valence-electron chi connectivity index (χ4n) is 3.86. The molecule has 4 rings (SSSR count). The number of hydrogen-bond donors (Lipinski definition) is 1. The van der Waals surface area contributed by atoms with Crippen molar-refractivity contribution in [1.82, 2.24) is 3.97 Å².